The molecule has 28 heavy (non-hydrogen) atoms. The standard InChI is InChI=1S/C24H37NO3/c1-16(2)17-6-8-19-18(14-17)7-9-20-23(3,12-5-13-24(19,20)4)15-25-21(26)10-11-22(27)28/h7,14,16,19-20H,5-6,8-13,15H2,1-4H3,(H,25,26)(H,27,28). The van der Waals surface area contributed by atoms with E-state index in [1.54, 1.807) is 11.1 Å². The number of carbonyl (C=O) groups excluding carboxylic acids is 1. The molecule has 4 nitrogen and oxygen atoms in total. The van der Waals surface area contributed by atoms with E-state index in [0.29, 0.717) is 29.7 Å². The highest BCUT2D eigenvalue weighted by atomic mass is 16.4. The minimum atomic E-state index is -0.914. The summed E-state index contributed by atoms with van der Waals surface area (Å²) in [5.41, 5.74) is 3.52. The monoisotopic (exact) mass is 387 g/mol. The lowest BCUT2D eigenvalue weighted by molar-refractivity contribution is -0.139. The zero-order chi connectivity index (χ0) is 20.5. The van der Waals surface area contributed by atoms with E-state index in [9.17, 15) is 9.59 Å². The highest BCUT2D eigenvalue weighted by Crippen LogP contribution is 2.61. The van der Waals surface area contributed by atoms with Gasteiger partial charge in [0, 0.05) is 13.0 Å². The smallest absolute Gasteiger partial charge is 0.303 e. The second-order valence-electron chi connectivity index (χ2n) is 10.1. The van der Waals surface area contributed by atoms with Crippen molar-refractivity contribution >= 4 is 11.9 Å². The molecule has 0 heterocycles. The molecule has 3 aliphatic rings. The van der Waals surface area contributed by atoms with Gasteiger partial charge in [-0.05, 0) is 66.3 Å². The average Bonchev–Trinajstić information content (AvgIpc) is 2.64. The van der Waals surface area contributed by atoms with Crippen LogP contribution in [-0.4, -0.2) is 23.5 Å². The van der Waals surface area contributed by atoms with Gasteiger partial charge in [0.1, 0.15) is 0 Å². The maximum atomic E-state index is 12.1. The van der Waals surface area contributed by atoms with Crippen molar-refractivity contribution in [3.8, 4) is 0 Å². The van der Waals surface area contributed by atoms with Gasteiger partial charge in [0.25, 0.3) is 0 Å². The third-order valence-electron chi connectivity index (χ3n) is 7.96. The Kier molecular flexibility index (Phi) is 6.07. The molecule has 4 atom stereocenters. The third kappa shape index (κ3) is 4.06. The van der Waals surface area contributed by atoms with Gasteiger partial charge in [-0.2, -0.15) is 0 Å². The Bertz CT molecular complexity index is 692. The molecule has 1 fully saturated rings. The largest absolute Gasteiger partial charge is 0.481 e. The molecule has 0 radical (unpaired) electrons. The Morgan fingerprint density at radius 2 is 2.00 bits per heavy atom. The van der Waals surface area contributed by atoms with E-state index >= 15 is 0 Å². The molecule has 0 aliphatic heterocycles. The molecule has 2 N–H and O–H groups in total. The van der Waals surface area contributed by atoms with Gasteiger partial charge in [-0.1, -0.05) is 51.8 Å². The number of fused-ring (bicyclic) bond motifs is 3. The first-order valence-electron chi connectivity index (χ1n) is 11.0. The Labute approximate surface area is 169 Å². The molecule has 1 saturated carbocycles. The molecule has 0 spiro atoms. The van der Waals surface area contributed by atoms with Crippen molar-refractivity contribution in [2.45, 2.75) is 79.1 Å². The normalized spacial score (nSPS) is 34.8. The van der Waals surface area contributed by atoms with Crippen LogP contribution in [0.1, 0.15) is 79.1 Å². The minimum absolute atomic E-state index is 0.0722. The van der Waals surface area contributed by atoms with Crippen LogP contribution in [0.15, 0.2) is 23.3 Å². The SMILES string of the molecule is CC(C)C1=CC2=CCC3C(C)(CNC(=O)CCC(=O)O)CCCC3(C)C2CC1. The van der Waals surface area contributed by atoms with Crippen LogP contribution in [0.5, 0.6) is 0 Å². The van der Waals surface area contributed by atoms with E-state index < -0.39 is 5.97 Å². The Morgan fingerprint density at radius 1 is 1.25 bits per heavy atom. The molecule has 0 aromatic rings. The van der Waals surface area contributed by atoms with Crippen LogP contribution in [0.25, 0.3) is 0 Å². The van der Waals surface area contributed by atoms with E-state index in [1.165, 1.54) is 25.7 Å². The van der Waals surface area contributed by atoms with Crippen LogP contribution in [0.3, 0.4) is 0 Å². The van der Waals surface area contributed by atoms with E-state index in [2.05, 4.69) is 45.2 Å². The van der Waals surface area contributed by atoms with Crippen LogP contribution in [-0.2, 0) is 9.59 Å². The summed E-state index contributed by atoms with van der Waals surface area (Å²) in [4.78, 5) is 22.8. The number of amides is 1. The van der Waals surface area contributed by atoms with Gasteiger partial charge in [-0.15, -0.1) is 0 Å². The molecule has 0 aromatic carbocycles. The highest BCUT2D eigenvalue weighted by Gasteiger charge is 2.54. The predicted octanol–water partition coefficient (Wildman–Crippen LogP) is 5.10. The fraction of sp³-hybridized carbons (Fsp3) is 0.750. The number of carboxylic acid groups (broad SMARTS) is 1. The molecule has 156 valence electrons. The molecule has 0 aromatic heterocycles. The highest BCUT2D eigenvalue weighted by molar-refractivity contribution is 5.80. The number of carbonyl (C=O) groups is 2. The van der Waals surface area contributed by atoms with Crippen LogP contribution < -0.4 is 5.32 Å². The molecule has 1 amide bonds. The Balaban J connectivity index is 1.75. The quantitative estimate of drug-likeness (QED) is 0.666. The lowest BCUT2D eigenvalue weighted by Gasteiger charge is -2.58. The van der Waals surface area contributed by atoms with E-state index in [0.717, 1.165) is 12.8 Å². The first-order valence-corrected chi connectivity index (χ1v) is 11.0. The second-order valence-corrected chi connectivity index (χ2v) is 10.1. The van der Waals surface area contributed by atoms with Gasteiger partial charge in [-0.25, -0.2) is 0 Å². The summed E-state index contributed by atoms with van der Waals surface area (Å²) >= 11 is 0. The van der Waals surface area contributed by atoms with Crippen molar-refractivity contribution in [2.75, 3.05) is 6.54 Å². The summed E-state index contributed by atoms with van der Waals surface area (Å²) in [6.07, 6.45) is 12.1. The fourth-order valence-electron chi connectivity index (χ4n) is 6.29. The molecule has 4 unspecified atom stereocenters. The molecule has 0 saturated heterocycles. The van der Waals surface area contributed by atoms with Crippen molar-refractivity contribution in [3.05, 3.63) is 23.3 Å². The number of hydrogen-bond acceptors (Lipinski definition) is 2. The van der Waals surface area contributed by atoms with Crippen LogP contribution in [0.2, 0.25) is 0 Å². The van der Waals surface area contributed by atoms with Gasteiger partial charge in [0.2, 0.25) is 5.91 Å². The van der Waals surface area contributed by atoms with Gasteiger partial charge in [0.05, 0.1) is 6.42 Å². The summed E-state index contributed by atoms with van der Waals surface area (Å²) in [6, 6.07) is 0. The van der Waals surface area contributed by atoms with E-state index in [4.69, 9.17) is 5.11 Å². The minimum Gasteiger partial charge on any atom is -0.481 e. The summed E-state index contributed by atoms with van der Waals surface area (Å²) in [6.45, 7) is 10.1. The van der Waals surface area contributed by atoms with Crippen molar-refractivity contribution in [3.63, 3.8) is 0 Å². The third-order valence-corrected chi connectivity index (χ3v) is 7.96. The zero-order valence-corrected chi connectivity index (χ0v) is 18.0. The summed E-state index contributed by atoms with van der Waals surface area (Å²) in [7, 11) is 0. The lowest BCUT2D eigenvalue weighted by atomic mass is 9.47. The van der Waals surface area contributed by atoms with Crippen LogP contribution in [0, 0.1) is 28.6 Å². The van der Waals surface area contributed by atoms with Gasteiger partial charge < -0.3 is 10.4 Å². The van der Waals surface area contributed by atoms with Crippen molar-refractivity contribution < 1.29 is 14.7 Å². The average molecular weight is 388 g/mol. The topological polar surface area (TPSA) is 66.4 Å². The summed E-state index contributed by atoms with van der Waals surface area (Å²) in [5.74, 6) is 0.783. The van der Waals surface area contributed by atoms with Gasteiger partial charge in [-0.3, -0.25) is 9.59 Å². The fourth-order valence-corrected chi connectivity index (χ4v) is 6.29. The number of hydrogen-bond donors (Lipinski definition) is 2. The second kappa shape index (κ2) is 8.04. The number of rotatable bonds is 6. The number of aliphatic carboxylic acids is 1. The van der Waals surface area contributed by atoms with Gasteiger partial charge in [0.15, 0.2) is 0 Å². The first-order chi connectivity index (χ1) is 13.2. The molecule has 0 bridgehead atoms. The Hall–Kier alpha value is -1.58. The molecule has 3 aliphatic carbocycles. The zero-order valence-electron chi connectivity index (χ0n) is 18.0. The van der Waals surface area contributed by atoms with Crippen LogP contribution in [0.4, 0.5) is 0 Å². The number of nitrogens with one attached hydrogen (secondary N) is 1. The van der Waals surface area contributed by atoms with E-state index in [1.807, 2.05) is 0 Å². The molecular formula is C24H37NO3. The van der Waals surface area contributed by atoms with Crippen LogP contribution >= 0.6 is 0 Å². The number of allylic oxidation sites excluding steroid dienone is 4. The van der Waals surface area contributed by atoms with Crippen molar-refractivity contribution in [2.24, 2.45) is 28.6 Å². The molecular weight excluding hydrogens is 350 g/mol. The summed E-state index contributed by atoms with van der Waals surface area (Å²) < 4.78 is 0. The lowest BCUT2D eigenvalue weighted by Crippen LogP contribution is -2.53. The van der Waals surface area contributed by atoms with E-state index in [-0.39, 0.29) is 24.2 Å². The first kappa shape index (κ1) is 21.1. The maximum absolute atomic E-state index is 12.1. The maximum Gasteiger partial charge on any atom is 0.303 e. The molecule has 4 heteroatoms. The number of carboxylic acids is 1. The van der Waals surface area contributed by atoms with Gasteiger partial charge >= 0.3 is 5.97 Å². The Morgan fingerprint density at radius 3 is 2.68 bits per heavy atom. The van der Waals surface area contributed by atoms with Crippen molar-refractivity contribution in [1.29, 1.82) is 0 Å². The molecule has 3 rings (SSSR count). The summed E-state index contributed by atoms with van der Waals surface area (Å²) in [5, 5.41) is 11.8. The predicted molar refractivity (Wildman–Crippen MR) is 112 cm³/mol. The van der Waals surface area contributed by atoms with Crippen molar-refractivity contribution in [1.82, 2.24) is 5.32 Å².